The summed E-state index contributed by atoms with van der Waals surface area (Å²) >= 11 is 11.3. The van der Waals surface area contributed by atoms with Crippen LogP contribution in [0.3, 0.4) is 0 Å². The van der Waals surface area contributed by atoms with E-state index in [0.717, 1.165) is 24.3 Å². The summed E-state index contributed by atoms with van der Waals surface area (Å²) in [5.74, 6) is 0.179. The van der Waals surface area contributed by atoms with Gasteiger partial charge in [0.05, 0.1) is 11.8 Å². The fourth-order valence-corrected chi connectivity index (χ4v) is 1.39. The standard InChI is InChI=1S/C9H17Cl2N3O2/c1-2-8(11)4-3-6-12-9(15)14(13-16)7-5-10/h8H,2-7H2,1H3,(H,12,15). The number of alkyl halides is 2. The van der Waals surface area contributed by atoms with Gasteiger partial charge in [-0.1, -0.05) is 6.92 Å². The van der Waals surface area contributed by atoms with Crippen LogP contribution in [0.15, 0.2) is 5.29 Å². The lowest BCUT2D eigenvalue weighted by atomic mass is 10.2. The Bertz CT molecular complexity index is 217. The minimum atomic E-state index is -0.515. The first-order valence-corrected chi connectivity index (χ1v) is 6.21. The predicted octanol–water partition coefficient (Wildman–Crippen LogP) is 2.72. The molecule has 0 bridgehead atoms. The van der Waals surface area contributed by atoms with Crippen LogP contribution in [0.1, 0.15) is 26.2 Å². The molecule has 0 aliphatic heterocycles. The molecular weight excluding hydrogens is 253 g/mol. The number of amides is 2. The number of carbonyl (C=O) groups excluding carboxylic acids is 1. The number of nitrogens with one attached hydrogen (secondary N) is 1. The summed E-state index contributed by atoms with van der Waals surface area (Å²) in [5, 5.41) is 6.05. The molecule has 94 valence electrons. The molecule has 1 N–H and O–H groups in total. The monoisotopic (exact) mass is 269 g/mol. The second kappa shape index (κ2) is 9.66. The number of rotatable bonds is 8. The van der Waals surface area contributed by atoms with Gasteiger partial charge in [-0.15, -0.1) is 28.1 Å². The van der Waals surface area contributed by atoms with Crippen LogP contribution < -0.4 is 5.32 Å². The Balaban J connectivity index is 3.67. The first-order valence-electron chi connectivity index (χ1n) is 5.24. The zero-order valence-corrected chi connectivity index (χ0v) is 10.8. The highest BCUT2D eigenvalue weighted by Gasteiger charge is 2.12. The van der Waals surface area contributed by atoms with Crippen LogP contribution in [0.5, 0.6) is 0 Å². The molecule has 7 heteroatoms. The van der Waals surface area contributed by atoms with Crippen molar-refractivity contribution in [1.82, 2.24) is 10.3 Å². The van der Waals surface area contributed by atoms with Crippen molar-refractivity contribution in [3.63, 3.8) is 0 Å². The van der Waals surface area contributed by atoms with Crippen molar-refractivity contribution in [2.75, 3.05) is 19.0 Å². The van der Waals surface area contributed by atoms with Crippen LogP contribution in [-0.4, -0.2) is 35.4 Å². The van der Waals surface area contributed by atoms with Crippen LogP contribution in [0, 0.1) is 4.91 Å². The molecule has 5 nitrogen and oxygen atoms in total. The van der Waals surface area contributed by atoms with Crippen LogP contribution >= 0.6 is 23.2 Å². The molecule has 2 amide bonds. The van der Waals surface area contributed by atoms with Crippen LogP contribution in [0.2, 0.25) is 0 Å². The largest absolute Gasteiger partial charge is 0.340 e. The number of nitroso groups, excluding NO2 is 1. The number of nitrogens with zero attached hydrogens (tertiary/aromatic N) is 2. The van der Waals surface area contributed by atoms with Gasteiger partial charge < -0.3 is 5.32 Å². The molecular formula is C9H17Cl2N3O2. The average Bonchev–Trinajstić information content (AvgIpc) is 2.30. The number of hydrogen-bond acceptors (Lipinski definition) is 3. The molecule has 1 atom stereocenters. The fourth-order valence-electron chi connectivity index (χ4n) is 1.07. The van der Waals surface area contributed by atoms with Gasteiger partial charge in [0.1, 0.15) is 0 Å². The first kappa shape index (κ1) is 15.4. The van der Waals surface area contributed by atoms with Gasteiger partial charge in [-0.3, -0.25) is 0 Å². The summed E-state index contributed by atoms with van der Waals surface area (Å²) in [6, 6.07) is -0.515. The smallest absolute Gasteiger partial charge is 0.336 e. The summed E-state index contributed by atoms with van der Waals surface area (Å²) in [4.78, 5) is 21.6. The highest BCUT2D eigenvalue weighted by atomic mass is 35.5. The number of hydrogen-bond donors (Lipinski definition) is 1. The molecule has 0 aromatic carbocycles. The highest BCUT2D eigenvalue weighted by molar-refractivity contribution is 6.20. The van der Waals surface area contributed by atoms with Gasteiger partial charge in [0.25, 0.3) is 0 Å². The third kappa shape index (κ3) is 6.85. The molecule has 1 unspecified atom stereocenters. The summed E-state index contributed by atoms with van der Waals surface area (Å²) in [7, 11) is 0. The number of halogens is 2. The maximum Gasteiger partial charge on any atom is 0.340 e. The van der Waals surface area contributed by atoms with E-state index in [0.29, 0.717) is 6.54 Å². The summed E-state index contributed by atoms with van der Waals surface area (Å²) in [6.07, 6.45) is 2.52. The SMILES string of the molecule is CCC(Cl)CCCNC(=O)N(CCCl)N=O. The van der Waals surface area contributed by atoms with E-state index in [4.69, 9.17) is 23.2 Å². The Morgan fingerprint density at radius 3 is 2.75 bits per heavy atom. The molecule has 0 aromatic rings. The topological polar surface area (TPSA) is 61.8 Å². The van der Waals surface area contributed by atoms with Crippen LogP contribution in [-0.2, 0) is 0 Å². The van der Waals surface area contributed by atoms with Crippen molar-refractivity contribution in [2.24, 2.45) is 5.29 Å². The van der Waals surface area contributed by atoms with Crippen molar-refractivity contribution >= 4 is 29.2 Å². The molecule has 0 fully saturated rings. The van der Waals surface area contributed by atoms with E-state index in [2.05, 4.69) is 10.6 Å². The lowest BCUT2D eigenvalue weighted by Crippen LogP contribution is -2.37. The molecule has 0 saturated heterocycles. The van der Waals surface area contributed by atoms with E-state index in [9.17, 15) is 9.70 Å². The minimum Gasteiger partial charge on any atom is -0.336 e. The van der Waals surface area contributed by atoms with E-state index in [1.807, 2.05) is 6.92 Å². The molecule has 0 rings (SSSR count). The molecule has 16 heavy (non-hydrogen) atoms. The average molecular weight is 270 g/mol. The van der Waals surface area contributed by atoms with Crippen molar-refractivity contribution in [2.45, 2.75) is 31.6 Å². The fraction of sp³-hybridized carbons (Fsp3) is 0.889. The quantitative estimate of drug-likeness (QED) is 0.319. The summed E-state index contributed by atoms with van der Waals surface area (Å²) in [5.41, 5.74) is 0. The predicted molar refractivity (Wildman–Crippen MR) is 65.8 cm³/mol. The molecule has 0 heterocycles. The van der Waals surface area contributed by atoms with Gasteiger partial charge in [-0.2, -0.15) is 5.01 Å². The third-order valence-corrected chi connectivity index (χ3v) is 2.74. The molecule has 0 saturated carbocycles. The highest BCUT2D eigenvalue weighted by Crippen LogP contribution is 2.08. The zero-order valence-electron chi connectivity index (χ0n) is 9.29. The van der Waals surface area contributed by atoms with E-state index in [1.165, 1.54) is 0 Å². The van der Waals surface area contributed by atoms with E-state index in [-0.39, 0.29) is 17.8 Å². The molecule has 0 aliphatic carbocycles. The second-order valence-electron chi connectivity index (χ2n) is 3.27. The van der Waals surface area contributed by atoms with Crippen LogP contribution in [0.4, 0.5) is 4.79 Å². The van der Waals surface area contributed by atoms with Crippen molar-refractivity contribution < 1.29 is 4.79 Å². The van der Waals surface area contributed by atoms with Crippen molar-refractivity contribution in [3.8, 4) is 0 Å². The lowest BCUT2D eigenvalue weighted by Gasteiger charge is -2.13. The van der Waals surface area contributed by atoms with E-state index in [1.54, 1.807) is 0 Å². The maximum absolute atomic E-state index is 11.3. The van der Waals surface area contributed by atoms with Crippen molar-refractivity contribution in [1.29, 1.82) is 0 Å². The number of urea groups is 1. The van der Waals surface area contributed by atoms with Gasteiger partial charge in [0, 0.05) is 17.8 Å². The Morgan fingerprint density at radius 2 is 2.25 bits per heavy atom. The van der Waals surface area contributed by atoms with E-state index >= 15 is 0 Å². The zero-order chi connectivity index (χ0) is 12.4. The minimum absolute atomic E-state index is 0.115. The number of carbonyl (C=O) groups is 1. The second-order valence-corrected chi connectivity index (χ2v) is 4.27. The molecule has 0 aliphatic rings. The Kier molecular flexibility index (Phi) is 9.33. The van der Waals surface area contributed by atoms with E-state index < -0.39 is 6.03 Å². The molecule has 0 radical (unpaired) electrons. The first-order chi connectivity index (χ1) is 7.65. The normalized spacial score (nSPS) is 11.9. The van der Waals surface area contributed by atoms with Crippen LogP contribution in [0.25, 0.3) is 0 Å². The van der Waals surface area contributed by atoms with Gasteiger partial charge in [0.15, 0.2) is 0 Å². The third-order valence-electron chi connectivity index (χ3n) is 2.04. The van der Waals surface area contributed by atoms with Gasteiger partial charge >= 0.3 is 6.03 Å². The molecule has 0 spiro atoms. The van der Waals surface area contributed by atoms with Gasteiger partial charge in [-0.05, 0) is 19.3 Å². The Hall–Kier alpha value is -0.550. The van der Waals surface area contributed by atoms with Gasteiger partial charge in [-0.25, -0.2) is 4.79 Å². The summed E-state index contributed by atoms with van der Waals surface area (Å²) in [6.45, 7) is 2.61. The Labute approximate surface area is 105 Å². The van der Waals surface area contributed by atoms with Gasteiger partial charge in [0.2, 0.25) is 0 Å². The lowest BCUT2D eigenvalue weighted by molar-refractivity contribution is 0.202. The molecule has 0 aromatic heterocycles. The Morgan fingerprint density at radius 1 is 1.56 bits per heavy atom. The maximum atomic E-state index is 11.3. The van der Waals surface area contributed by atoms with Crippen molar-refractivity contribution in [3.05, 3.63) is 4.91 Å². The summed E-state index contributed by atoms with van der Waals surface area (Å²) < 4.78 is 0.